The predicted molar refractivity (Wildman–Crippen MR) is 80.3 cm³/mol. The van der Waals surface area contributed by atoms with Crippen molar-refractivity contribution in [3.05, 3.63) is 24.2 Å². The molecule has 2 saturated heterocycles. The molecule has 8 heteroatoms. The monoisotopic (exact) mass is 320 g/mol. The molecule has 0 radical (unpaired) electrons. The Hall–Kier alpha value is -2.51. The summed E-state index contributed by atoms with van der Waals surface area (Å²) in [7, 11) is 0. The fourth-order valence-electron chi connectivity index (χ4n) is 3.19. The van der Waals surface area contributed by atoms with Crippen LogP contribution in [0.25, 0.3) is 0 Å². The third kappa shape index (κ3) is 3.01. The van der Waals surface area contributed by atoms with Crippen molar-refractivity contribution in [1.29, 1.82) is 0 Å². The minimum Gasteiger partial charge on any atom is -0.467 e. The summed E-state index contributed by atoms with van der Waals surface area (Å²) < 4.78 is 5.17. The van der Waals surface area contributed by atoms with E-state index in [1.165, 1.54) is 0 Å². The summed E-state index contributed by atoms with van der Waals surface area (Å²) in [5, 5.41) is 7.80. The van der Waals surface area contributed by atoms with Crippen LogP contribution in [-0.4, -0.2) is 41.5 Å². The molecule has 0 aliphatic carbocycles. The molecule has 1 atom stereocenters. The van der Waals surface area contributed by atoms with Crippen LogP contribution in [0, 0.1) is 5.92 Å². The molecular weight excluding hydrogens is 300 g/mol. The van der Waals surface area contributed by atoms with E-state index in [1.807, 2.05) is 0 Å². The molecule has 2 fully saturated rings. The molecule has 0 saturated carbocycles. The van der Waals surface area contributed by atoms with Crippen LogP contribution in [0.1, 0.15) is 25.5 Å². The fraction of sp³-hybridized carbons (Fsp3) is 0.533. The number of nitrogens with one attached hydrogen (secondary N) is 3. The standard InChI is InChI=1S/C15H20N4O4/c1-15(12(20)17-13(21)18-15)10-4-6-19(7-5-10)14(22)16-9-11-3-2-8-23-11/h2-3,8,10H,4-7,9H2,1H3,(H,16,22)(H2,17,18,20,21)/t15-/m1/s1. The Morgan fingerprint density at radius 1 is 1.43 bits per heavy atom. The van der Waals surface area contributed by atoms with Gasteiger partial charge in [-0.15, -0.1) is 0 Å². The summed E-state index contributed by atoms with van der Waals surface area (Å²) in [6, 6.07) is 2.98. The minimum absolute atomic E-state index is 0.0167. The van der Waals surface area contributed by atoms with E-state index in [0.717, 1.165) is 0 Å². The summed E-state index contributed by atoms with van der Waals surface area (Å²) in [4.78, 5) is 37.2. The molecule has 0 aromatic carbocycles. The Labute approximate surface area is 133 Å². The van der Waals surface area contributed by atoms with Crippen LogP contribution in [0.5, 0.6) is 0 Å². The first-order valence-electron chi connectivity index (χ1n) is 7.68. The number of carbonyl (C=O) groups excluding carboxylic acids is 3. The van der Waals surface area contributed by atoms with Crippen LogP contribution in [-0.2, 0) is 11.3 Å². The number of furan rings is 1. The molecule has 1 aromatic rings. The lowest BCUT2D eigenvalue weighted by Crippen LogP contribution is -2.55. The zero-order valence-electron chi connectivity index (χ0n) is 12.9. The van der Waals surface area contributed by atoms with E-state index >= 15 is 0 Å². The molecule has 124 valence electrons. The van der Waals surface area contributed by atoms with Crippen LogP contribution in [0.15, 0.2) is 22.8 Å². The highest BCUT2D eigenvalue weighted by molar-refractivity contribution is 6.06. The number of urea groups is 2. The summed E-state index contributed by atoms with van der Waals surface area (Å²) in [6.45, 7) is 3.19. The van der Waals surface area contributed by atoms with Crippen LogP contribution >= 0.6 is 0 Å². The van der Waals surface area contributed by atoms with E-state index < -0.39 is 11.6 Å². The van der Waals surface area contributed by atoms with Crippen molar-refractivity contribution < 1.29 is 18.8 Å². The number of hydrogen-bond acceptors (Lipinski definition) is 4. The van der Waals surface area contributed by atoms with Gasteiger partial charge in [0, 0.05) is 13.1 Å². The summed E-state index contributed by atoms with van der Waals surface area (Å²) in [5.41, 5.74) is -0.881. The van der Waals surface area contributed by atoms with Gasteiger partial charge in [-0.05, 0) is 37.8 Å². The minimum atomic E-state index is -0.881. The number of carbonyl (C=O) groups is 3. The van der Waals surface area contributed by atoms with Crippen molar-refractivity contribution in [3.8, 4) is 0 Å². The molecule has 3 N–H and O–H groups in total. The van der Waals surface area contributed by atoms with Gasteiger partial charge in [0.15, 0.2) is 0 Å². The molecule has 3 rings (SSSR count). The Morgan fingerprint density at radius 2 is 2.17 bits per heavy atom. The first kappa shape index (κ1) is 15.4. The Balaban J connectivity index is 1.51. The van der Waals surface area contributed by atoms with E-state index in [-0.39, 0.29) is 17.9 Å². The van der Waals surface area contributed by atoms with Crippen molar-refractivity contribution >= 4 is 18.0 Å². The third-order valence-corrected chi connectivity index (χ3v) is 4.66. The lowest BCUT2D eigenvalue weighted by Gasteiger charge is -2.38. The molecule has 8 nitrogen and oxygen atoms in total. The lowest BCUT2D eigenvalue weighted by molar-refractivity contribution is -0.125. The van der Waals surface area contributed by atoms with Crippen LogP contribution < -0.4 is 16.0 Å². The fourth-order valence-corrected chi connectivity index (χ4v) is 3.19. The zero-order valence-corrected chi connectivity index (χ0v) is 12.9. The molecule has 23 heavy (non-hydrogen) atoms. The number of rotatable bonds is 3. The maximum absolute atomic E-state index is 12.1. The van der Waals surface area contributed by atoms with E-state index in [1.54, 1.807) is 30.2 Å². The van der Waals surface area contributed by atoms with E-state index in [2.05, 4.69) is 16.0 Å². The highest BCUT2D eigenvalue weighted by atomic mass is 16.3. The van der Waals surface area contributed by atoms with Crippen molar-refractivity contribution in [2.24, 2.45) is 5.92 Å². The number of amides is 5. The van der Waals surface area contributed by atoms with Gasteiger partial charge in [-0.3, -0.25) is 10.1 Å². The molecule has 0 unspecified atom stereocenters. The number of likely N-dealkylation sites (tertiary alicyclic amines) is 1. The molecule has 0 bridgehead atoms. The Morgan fingerprint density at radius 3 is 2.74 bits per heavy atom. The summed E-state index contributed by atoms with van der Waals surface area (Å²) in [5.74, 6) is 0.428. The molecular formula is C15H20N4O4. The number of hydrogen-bond donors (Lipinski definition) is 3. The average molecular weight is 320 g/mol. The highest BCUT2D eigenvalue weighted by Gasteiger charge is 2.48. The second-order valence-electron chi connectivity index (χ2n) is 6.11. The van der Waals surface area contributed by atoms with Crippen LogP contribution in [0.3, 0.4) is 0 Å². The molecule has 3 heterocycles. The van der Waals surface area contributed by atoms with Gasteiger partial charge < -0.3 is 20.0 Å². The number of imide groups is 1. The first-order chi connectivity index (χ1) is 11.0. The predicted octanol–water partition coefficient (Wildman–Crippen LogP) is 0.799. The van der Waals surface area contributed by atoms with Gasteiger partial charge in [0.2, 0.25) is 0 Å². The maximum atomic E-state index is 12.1. The van der Waals surface area contributed by atoms with Gasteiger partial charge in [0.1, 0.15) is 11.3 Å². The topological polar surface area (TPSA) is 104 Å². The molecule has 1 aromatic heterocycles. The second-order valence-corrected chi connectivity index (χ2v) is 6.11. The van der Waals surface area contributed by atoms with Crippen molar-refractivity contribution in [2.45, 2.75) is 31.8 Å². The van der Waals surface area contributed by atoms with Crippen LogP contribution in [0.2, 0.25) is 0 Å². The smallest absolute Gasteiger partial charge is 0.322 e. The summed E-state index contributed by atoms with van der Waals surface area (Å²) >= 11 is 0. The Kier molecular flexibility index (Phi) is 3.97. The van der Waals surface area contributed by atoms with Crippen LogP contribution in [0.4, 0.5) is 9.59 Å². The molecule has 2 aliphatic heterocycles. The van der Waals surface area contributed by atoms with Gasteiger partial charge >= 0.3 is 12.1 Å². The Bertz CT molecular complexity index is 607. The number of piperidine rings is 1. The van der Waals surface area contributed by atoms with Crippen molar-refractivity contribution in [1.82, 2.24) is 20.9 Å². The number of nitrogens with zero attached hydrogens (tertiary/aromatic N) is 1. The second kappa shape index (κ2) is 5.94. The quantitative estimate of drug-likeness (QED) is 0.717. The maximum Gasteiger partial charge on any atom is 0.322 e. The molecule has 2 aliphatic rings. The normalized spacial score (nSPS) is 25.2. The highest BCUT2D eigenvalue weighted by Crippen LogP contribution is 2.30. The van der Waals surface area contributed by atoms with Gasteiger partial charge in [0.05, 0.1) is 12.8 Å². The average Bonchev–Trinajstić information content (AvgIpc) is 3.14. The summed E-state index contributed by atoms with van der Waals surface area (Å²) in [6.07, 6.45) is 2.89. The molecule has 5 amide bonds. The van der Waals surface area contributed by atoms with Gasteiger partial charge in [-0.1, -0.05) is 0 Å². The van der Waals surface area contributed by atoms with E-state index in [4.69, 9.17) is 4.42 Å². The largest absolute Gasteiger partial charge is 0.467 e. The lowest BCUT2D eigenvalue weighted by atomic mass is 9.79. The van der Waals surface area contributed by atoms with Gasteiger partial charge in [-0.25, -0.2) is 9.59 Å². The van der Waals surface area contributed by atoms with Crippen molar-refractivity contribution in [3.63, 3.8) is 0 Å². The molecule has 0 spiro atoms. The first-order valence-corrected chi connectivity index (χ1v) is 7.68. The van der Waals surface area contributed by atoms with Gasteiger partial charge in [0.25, 0.3) is 5.91 Å². The van der Waals surface area contributed by atoms with Gasteiger partial charge in [-0.2, -0.15) is 0 Å². The zero-order chi connectivity index (χ0) is 16.4. The van der Waals surface area contributed by atoms with E-state index in [9.17, 15) is 14.4 Å². The van der Waals surface area contributed by atoms with Crippen molar-refractivity contribution in [2.75, 3.05) is 13.1 Å². The van der Waals surface area contributed by atoms with E-state index in [0.29, 0.717) is 38.2 Å². The SMILES string of the molecule is C[C@]1(C2CCN(C(=O)NCc3ccco3)CC2)NC(=O)NC1=O. The third-order valence-electron chi connectivity index (χ3n) is 4.66.